The molecule has 1 aromatic heterocycles. The van der Waals surface area contributed by atoms with Crippen molar-refractivity contribution in [3.05, 3.63) is 18.0 Å². The van der Waals surface area contributed by atoms with Gasteiger partial charge in [-0.15, -0.1) is 0 Å². The van der Waals surface area contributed by atoms with Crippen molar-refractivity contribution in [1.82, 2.24) is 15.1 Å². The third-order valence-electron chi connectivity index (χ3n) is 3.47. The standard InChI is InChI=1S/C12H19N3O2/c1-15-10(6-7-14-15)12(17)13-8-11(16)9-4-2-3-5-9/h6-7,9,11,16H,2-5,8H2,1H3,(H,13,17). The Hall–Kier alpha value is -1.36. The predicted octanol–water partition coefficient (Wildman–Crippen LogP) is 0.701. The van der Waals surface area contributed by atoms with Gasteiger partial charge in [0, 0.05) is 19.8 Å². The lowest BCUT2D eigenvalue weighted by Crippen LogP contribution is -2.36. The van der Waals surface area contributed by atoms with Gasteiger partial charge in [-0.05, 0) is 24.8 Å². The van der Waals surface area contributed by atoms with Gasteiger partial charge in [0.15, 0.2) is 0 Å². The summed E-state index contributed by atoms with van der Waals surface area (Å²) in [7, 11) is 1.72. The Morgan fingerprint density at radius 2 is 2.35 bits per heavy atom. The molecule has 0 spiro atoms. The van der Waals surface area contributed by atoms with E-state index in [0.717, 1.165) is 12.8 Å². The number of carbonyl (C=O) groups excluding carboxylic acids is 1. The van der Waals surface area contributed by atoms with E-state index in [1.54, 1.807) is 19.3 Å². The number of aryl methyl sites for hydroxylation is 1. The van der Waals surface area contributed by atoms with Crippen LogP contribution in [0.3, 0.4) is 0 Å². The number of rotatable bonds is 4. The number of nitrogens with zero attached hydrogens (tertiary/aromatic N) is 2. The van der Waals surface area contributed by atoms with E-state index in [-0.39, 0.29) is 5.91 Å². The normalized spacial score (nSPS) is 18.2. The minimum absolute atomic E-state index is 0.179. The van der Waals surface area contributed by atoms with Crippen molar-refractivity contribution in [3.63, 3.8) is 0 Å². The zero-order valence-corrected chi connectivity index (χ0v) is 10.1. The Morgan fingerprint density at radius 1 is 1.65 bits per heavy atom. The SMILES string of the molecule is Cn1nccc1C(=O)NCC(O)C1CCCC1. The smallest absolute Gasteiger partial charge is 0.269 e. The quantitative estimate of drug-likeness (QED) is 0.810. The monoisotopic (exact) mass is 237 g/mol. The molecule has 1 atom stereocenters. The summed E-state index contributed by atoms with van der Waals surface area (Å²) in [6.45, 7) is 0.328. The Morgan fingerprint density at radius 3 is 2.94 bits per heavy atom. The molecule has 0 bridgehead atoms. The summed E-state index contributed by atoms with van der Waals surface area (Å²) in [5.74, 6) is 0.170. The highest BCUT2D eigenvalue weighted by molar-refractivity contribution is 5.92. The van der Waals surface area contributed by atoms with Crippen molar-refractivity contribution in [2.24, 2.45) is 13.0 Å². The molecule has 1 aliphatic carbocycles. The van der Waals surface area contributed by atoms with Gasteiger partial charge < -0.3 is 10.4 Å². The van der Waals surface area contributed by atoms with Crippen LogP contribution in [0.1, 0.15) is 36.2 Å². The first-order chi connectivity index (χ1) is 8.18. The molecule has 94 valence electrons. The van der Waals surface area contributed by atoms with Gasteiger partial charge in [-0.25, -0.2) is 0 Å². The van der Waals surface area contributed by atoms with Gasteiger partial charge in [0.1, 0.15) is 5.69 Å². The number of aliphatic hydroxyl groups excluding tert-OH is 1. The first-order valence-electron chi connectivity index (χ1n) is 6.12. The molecule has 0 aliphatic heterocycles. The van der Waals surface area contributed by atoms with Crippen LogP contribution in [0.25, 0.3) is 0 Å². The molecule has 1 amide bonds. The molecule has 1 fully saturated rings. The molecule has 1 aromatic rings. The van der Waals surface area contributed by atoms with Gasteiger partial charge in [0.25, 0.3) is 5.91 Å². The van der Waals surface area contributed by atoms with Crippen LogP contribution in [0, 0.1) is 5.92 Å². The first-order valence-corrected chi connectivity index (χ1v) is 6.12. The number of aliphatic hydroxyl groups is 1. The number of hydrogen-bond donors (Lipinski definition) is 2. The lowest BCUT2D eigenvalue weighted by molar-refractivity contribution is 0.0833. The number of amides is 1. The predicted molar refractivity (Wildman–Crippen MR) is 63.5 cm³/mol. The second-order valence-electron chi connectivity index (χ2n) is 4.66. The van der Waals surface area contributed by atoms with Crippen LogP contribution in [0.5, 0.6) is 0 Å². The molecule has 1 aliphatic rings. The van der Waals surface area contributed by atoms with Gasteiger partial charge in [0.05, 0.1) is 6.10 Å². The summed E-state index contributed by atoms with van der Waals surface area (Å²) in [5.41, 5.74) is 0.517. The van der Waals surface area contributed by atoms with Crippen molar-refractivity contribution in [2.45, 2.75) is 31.8 Å². The summed E-state index contributed by atoms with van der Waals surface area (Å²) in [5, 5.41) is 16.6. The molecule has 2 rings (SSSR count). The van der Waals surface area contributed by atoms with Crippen LogP contribution in [-0.4, -0.2) is 33.4 Å². The van der Waals surface area contributed by atoms with Crippen molar-refractivity contribution in [1.29, 1.82) is 0 Å². The number of nitrogens with one attached hydrogen (secondary N) is 1. The largest absolute Gasteiger partial charge is 0.391 e. The van der Waals surface area contributed by atoms with Crippen molar-refractivity contribution in [2.75, 3.05) is 6.54 Å². The van der Waals surface area contributed by atoms with Crippen LogP contribution < -0.4 is 5.32 Å². The van der Waals surface area contributed by atoms with Gasteiger partial charge in [-0.2, -0.15) is 5.10 Å². The molecule has 5 nitrogen and oxygen atoms in total. The van der Waals surface area contributed by atoms with E-state index in [0.29, 0.717) is 18.2 Å². The number of hydrogen-bond acceptors (Lipinski definition) is 3. The van der Waals surface area contributed by atoms with Crippen LogP contribution in [0.4, 0.5) is 0 Å². The zero-order chi connectivity index (χ0) is 12.3. The second-order valence-corrected chi connectivity index (χ2v) is 4.66. The number of carbonyl (C=O) groups is 1. The van der Waals surface area contributed by atoms with E-state index in [2.05, 4.69) is 10.4 Å². The zero-order valence-electron chi connectivity index (χ0n) is 10.1. The summed E-state index contributed by atoms with van der Waals surface area (Å²) < 4.78 is 1.53. The van der Waals surface area contributed by atoms with E-state index in [9.17, 15) is 9.90 Å². The van der Waals surface area contributed by atoms with Crippen molar-refractivity contribution in [3.8, 4) is 0 Å². The van der Waals surface area contributed by atoms with Gasteiger partial charge in [-0.1, -0.05) is 12.8 Å². The molecule has 2 N–H and O–H groups in total. The van der Waals surface area contributed by atoms with E-state index < -0.39 is 6.10 Å². The molecular formula is C12H19N3O2. The van der Waals surface area contributed by atoms with E-state index in [4.69, 9.17) is 0 Å². The Bertz CT molecular complexity index is 383. The van der Waals surface area contributed by atoms with Crippen molar-refractivity contribution >= 4 is 5.91 Å². The van der Waals surface area contributed by atoms with Gasteiger partial charge in [-0.3, -0.25) is 9.48 Å². The highest BCUT2D eigenvalue weighted by Crippen LogP contribution is 2.27. The van der Waals surface area contributed by atoms with Gasteiger partial charge in [0.2, 0.25) is 0 Å². The number of aromatic nitrogens is 2. The summed E-state index contributed by atoms with van der Waals surface area (Å²) in [4.78, 5) is 11.8. The molecule has 1 heterocycles. The molecule has 0 radical (unpaired) electrons. The minimum atomic E-state index is -0.422. The van der Waals surface area contributed by atoms with E-state index >= 15 is 0 Å². The lowest BCUT2D eigenvalue weighted by Gasteiger charge is -2.17. The summed E-state index contributed by atoms with van der Waals surface area (Å²) in [6, 6.07) is 1.66. The summed E-state index contributed by atoms with van der Waals surface area (Å²) >= 11 is 0. The van der Waals surface area contributed by atoms with Crippen LogP contribution >= 0.6 is 0 Å². The van der Waals surface area contributed by atoms with Crippen LogP contribution in [0.2, 0.25) is 0 Å². The average molecular weight is 237 g/mol. The highest BCUT2D eigenvalue weighted by Gasteiger charge is 2.23. The molecule has 5 heteroatoms. The molecule has 17 heavy (non-hydrogen) atoms. The Kier molecular flexibility index (Phi) is 3.78. The lowest BCUT2D eigenvalue weighted by atomic mass is 10.0. The maximum Gasteiger partial charge on any atom is 0.269 e. The third-order valence-corrected chi connectivity index (χ3v) is 3.47. The summed E-state index contributed by atoms with van der Waals surface area (Å²) in [6.07, 6.45) is 5.69. The minimum Gasteiger partial charge on any atom is -0.391 e. The fourth-order valence-corrected chi connectivity index (χ4v) is 2.39. The fraction of sp³-hybridized carbons (Fsp3) is 0.667. The molecule has 0 aromatic carbocycles. The van der Waals surface area contributed by atoms with E-state index in [1.807, 2.05) is 0 Å². The molecule has 1 saturated carbocycles. The fourth-order valence-electron chi connectivity index (χ4n) is 2.39. The Labute approximate surface area is 101 Å². The average Bonchev–Trinajstić information content (AvgIpc) is 2.95. The molecule has 0 saturated heterocycles. The highest BCUT2D eigenvalue weighted by atomic mass is 16.3. The maximum atomic E-state index is 11.8. The Balaban J connectivity index is 1.82. The van der Waals surface area contributed by atoms with Crippen LogP contribution in [-0.2, 0) is 7.05 Å². The second kappa shape index (κ2) is 5.31. The molecular weight excluding hydrogens is 218 g/mol. The van der Waals surface area contributed by atoms with Gasteiger partial charge >= 0.3 is 0 Å². The maximum absolute atomic E-state index is 11.8. The first kappa shape index (κ1) is 12.1. The van der Waals surface area contributed by atoms with E-state index in [1.165, 1.54) is 17.5 Å². The van der Waals surface area contributed by atoms with Crippen molar-refractivity contribution < 1.29 is 9.90 Å². The van der Waals surface area contributed by atoms with Crippen LogP contribution in [0.15, 0.2) is 12.3 Å². The third kappa shape index (κ3) is 2.85. The topological polar surface area (TPSA) is 67.2 Å². The molecule has 1 unspecified atom stereocenters.